The summed E-state index contributed by atoms with van der Waals surface area (Å²) in [6.07, 6.45) is 0. The van der Waals surface area contributed by atoms with Crippen LogP contribution in [0.4, 0.5) is 11.4 Å². The molecule has 0 spiro atoms. The van der Waals surface area contributed by atoms with Gasteiger partial charge < -0.3 is 0 Å². The Morgan fingerprint density at radius 2 is 2.27 bits per heavy atom. The molecule has 0 saturated carbocycles. The predicted molar refractivity (Wildman–Crippen MR) is 37.8 cm³/mol. The van der Waals surface area contributed by atoms with Gasteiger partial charge in [0.15, 0.2) is 4.98 Å². The van der Waals surface area contributed by atoms with Crippen molar-refractivity contribution in [2.45, 2.75) is 0 Å². The molecule has 0 unspecified atom stereocenters. The molecule has 0 bridgehead atoms. The van der Waals surface area contributed by atoms with Gasteiger partial charge in [0.2, 0.25) is 5.39 Å². The molecule has 54 valence electrons. The Labute approximate surface area is 62.0 Å². The van der Waals surface area contributed by atoms with E-state index in [9.17, 15) is 10.1 Å². The molecule has 0 saturated heterocycles. The molecule has 0 radical (unpaired) electrons. The lowest BCUT2D eigenvalue weighted by Gasteiger charge is -1.84. The summed E-state index contributed by atoms with van der Waals surface area (Å²) < 4.78 is 0. The van der Waals surface area contributed by atoms with Gasteiger partial charge in [0, 0.05) is 12.1 Å². The summed E-state index contributed by atoms with van der Waals surface area (Å²) in [5, 5.41) is 18.4. The summed E-state index contributed by atoms with van der Waals surface area (Å²) in [6, 6.07) is 5.43. The van der Waals surface area contributed by atoms with E-state index < -0.39 is 4.92 Å². The molecule has 0 aromatic heterocycles. The van der Waals surface area contributed by atoms with Crippen molar-refractivity contribution in [1.82, 2.24) is 0 Å². The van der Waals surface area contributed by atoms with Crippen LogP contribution in [0.25, 0.3) is 4.98 Å². The summed E-state index contributed by atoms with van der Waals surface area (Å²) in [4.78, 5) is 12.4. The molecule has 0 heterocycles. The minimum absolute atomic E-state index is 0.0831. The van der Waals surface area contributed by atoms with Crippen LogP contribution in [0, 0.1) is 15.5 Å². The van der Waals surface area contributed by atoms with E-state index in [1.54, 1.807) is 0 Å². The largest absolute Gasteiger partial charge is 0.391 e. The summed E-state index contributed by atoms with van der Waals surface area (Å²) in [5.41, 5.74) is 0.0968. The number of rotatable bonds is 1. The highest BCUT2D eigenvalue weighted by Crippen LogP contribution is 2.18. The van der Waals surface area contributed by atoms with Crippen molar-refractivity contribution in [3.63, 3.8) is 0 Å². The van der Waals surface area contributed by atoms with Crippen LogP contribution in [0.15, 0.2) is 24.3 Å². The zero-order valence-corrected chi connectivity index (χ0v) is 5.47. The molecule has 0 N–H and O–H groups in total. The fourth-order valence-electron chi connectivity index (χ4n) is 0.669. The maximum Gasteiger partial charge on any atom is 0.391 e. The van der Waals surface area contributed by atoms with Crippen molar-refractivity contribution in [3.05, 3.63) is 39.4 Å². The van der Waals surface area contributed by atoms with E-state index in [-0.39, 0.29) is 11.4 Å². The predicted octanol–water partition coefficient (Wildman–Crippen LogP) is 2.08. The Morgan fingerprint density at radius 1 is 1.55 bits per heavy atom. The number of nitro benzene ring substituents is 1. The van der Waals surface area contributed by atoms with E-state index in [1.807, 2.05) is 0 Å². The number of nitro groups is 1. The monoisotopic (exact) mass is 150 g/mol. The first-order valence-corrected chi connectivity index (χ1v) is 2.83. The van der Waals surface area contributed by atoms with Crippen molar-refractivity contribution in [2.75, 3.05) is 0 Å². The van der Waals surface area contributed by atoms with E-state index in [1.165, 1.54) is 24.3 Å². The third-order valence-corrected chi connectivity index (χ3v) is 1.16. The molecule has 0 aliphatic carbocycles. The maximum atomic E-state index is 10.2. The first kappa shape index (κ1) is 7.15. The van der Waals surface area contributed by atoms with Gasteiger partial charge in [-0.3, -0.25) is 10.1 Å². The standard InChI is InChI=1S/C6H4N3O2/c7-8-5-2-1-3-6(4-5)9(10)11/h1-4H/q+1. The van der Waals surface area contributed by atoms with Crippen LogP contribution in [0.5, 0.6) is 0 Å². The summed E-state index contributed by atoms with van der Waals surface area (Å²) in [7, 11) is 0. The number of diazo groups is 1. The van der Waals surface area contributed by atoms with Gasteiger partial charge in [-0.15, -0.1) is 0 Å². The van der Waals surface area contributed by atoms with E-state index in [0.717, 1.165) is 0 Å². The van der Waals surface area contributed by atoms with Crippen molar-refractivity contribution < 1.29 is 4.92 Å². The molecule has 0 atom stereocenters. The van der Waals surface area contributed by atoms with E-state index in [0.29, 0.717) is 0 Å². The number of nitrogens with zero attached hydrogens (tertiary/aromatic N) is 3. The zero-order chi connectivity index (χ0) is 8.27. The first-order valence-electron chi connectivity index (χ1n) is 2.83. The van der Waals surface area contributed by atoms with Crippen molar-refractivity contribution in [1.29, 1.82) is 5.39 Å². The van der Waals surface area contributed by atoms with E-state index in [2.05, 4.69) is 4.98 Å². The molecule has 1 rings (SSSR count). The first-order chi connectivity index (χ1) is 5.24. The number of hydrogen-bond acceptors (Lipinski definition) is 3. The summed E-state index contributed by atoms with van der Waals surface area (Å²) in [5.74, 6) is 0. The maximum absolute atomic E-state index is 10.2. The highest BCUT2D eigenvalue weighted by Gasteiger charge is 2.11. The molecule has 0 fully saturated rings. The lowest BCUT2D eigenvalue weighted by Crippen LogP contribution is -1.85. The lowest BCUT2D eigenvalue weighted by atomic mass is 10.3. The quantitative estimate of drug-likeness (QED) is 0.349. The number of benzene rings is 1. The van der Waals surface area contributed by atoms with Crippen LogP contribution in [0.3, 0.4) is 0 Å². The topological polar surface area (TPSA) is 71.3 Å². The molecule has 11 heavy (non-hydrogen) atoms. The van der Waals surface area contributed by atoms with Crippen LogP contribution in [-0.4, -0.2) is 4.92 Å². The van der Waals surface area contributed by atoms with Crippen LogP contribution in [0.1, 0.15) is 0 Å². The van der Waals surface area contributed by atoms with Gasteiger partial charge in [-0.05, 0) is 6.07 Å². The van der Waals surface area contributed by atoms with Gasteiger partial charge in [0.05, 0.1) is 4.92 Å². The highest BCUT2D eigenvalue weighted by molar-refractivity contribution is 5.50. The summed E-state index contributed by atoms with van der Waals surface area (Å²) in [6.45, 7) is 0. The molecule has 5 nitrogen and oxygen atoms in total. The van der Waals surface area contributed by atoms with Crippen LogP contribution >= 0.6 is 0 Å². The van der Waals surface area contributed by atoms with Gasteiger partial charge in [0.25, 0.3) is 5.69 Å². The summed E-state index contributed by atoms with van der Waals surface area (Å²) >= 11 is 0. The fourth-order valence-corrected chi connectivity index (χ4v) is 0.669. The lowest BCUT2D eigenvalue weighted by molar-refractivity contribution is -0.384. The second-order valence-electron chi connectivity index (χ2n) is 1.88. The smallest absolute Gasteiger partial charge is 0.258 e. The van der Waals surface area contributed by atoms with Gasteiger partial charge in [-0.1, -0.05) is 0 Å². The zero-order valence-electron chi connectivity index (χ0n) is 5.47. The minimum atomic E-state index is -0.547. The Bertz CT molecular complexity index is 329. The van der Waals surface area contributed by atoms with Crippen molar-refractivity contribution in [3.8, 4) is 0 Å². The fraction of sp³-hybridized carbons (Fsp3) is 0. The van der Waals surface area contributed by atoms with Crippen molar-refractivity contribution >= 4 is 11.4 Å². The van der Waals surface area contributed by atoms with Crippen LogP contribution in [-0.2, 0) is 0 Å². The minimum Gasteiger partial charge on any atom is -0.258 e. The van der Waals surface area contributed by atoms with E-state index >= 15 is 0 Å². The highest BCUT2D eigenvalue weighted by atomic mass is 16.6. The molecule has 0 aliphatic heterocycles. The molecule has 0 amide bonds. The Hall–Kier alpha value is -1.96. The average molecular weight is 150 g/mol. The molecular weight excluding hydrogens is 146 g/mol. The second-order valence-corrected chi connectivity index (χ2v) is 1.88. The van der Waals surface area contributed by atoms with Gasteiger partial charge in [0.1, 0.15) is 6.07 Å². The number of hydrogen-bond donors (Lipinski definition) is 0. The van der Waals surface area contributed by atoms with Gasteiger partial charge >= 0.3 is 5.69 Å². The Morgan fingerprint density at radius 3 is 2.82 bits per heavy atom. The van der Waals surface area contributed by atoms with Crippen LogP contribution < -0.4 is 0 Å². The third kappa shape index (κ3) is 1.49. The third-order valence-electron chi connectivity index (χ3n) is 1.16. The molecule has 0 aliphatic rings. The van der Waals surface area contributed by atoms with Crippen molar-refractivity contribution in [2.24, 2.45) is 0 Å². The van der Waals surface area contributed by atoms with Gasteiger partial charge in [-0.2, -0.15) is 0 Å². The molecule has 1 aromatic rings. The molecule has 1 aromatic carbocycles. The SMILES string of the molecule is N#[N+]c1cccc([N+](=O)[O-])c1. The molecule has 5 heteroatoms. The van der Waals surface area contributed by atoms with Gasteiger partial charge in [-0.25, -0.2) is 0 Å². The van der Waals surface area contributed by atoms with E-state index in [4.69, 9.17) is 5.39 Å². The Kier molecular flexibility index (Phi) is 1.79. The molecular formula is C6H4N3O2+. The Balaban J connectivity index is 3.13. The van der Waals surface area contributed by atoms with Crippen LogP contribution in [0.2, 0.25) is 0 Å². The number of non-ortho nitro benzene ring substituents is 1. The average Bonchev–Trinajstić information content (AvgIpc) is 2.05. The normalized spacial score (nSPS) is 8.64. The second kappa shape index (κ2) is 2.75.